The Kier molecular flexibility index (Phi) is 2.94. The van der Waals surface area contributed by atoms with Crippen LogP contribution in [0, 0.1) is 6.58 Å². The van der Waals surface area contributed by atoms with Crippen molar-refractivity contribution >= 4 is 6.29 Å². The molecule has 0 aromatic rings. The van der Waals surface area contributed by atoms with Crippen LogP contribution >= 0.6 is 0 Å². The van der Waals surface area contributed by atoms with Crippen molar-refractivity contribution in [2.24, 2.45) is 0 Å². The molecule has 0 spiro atoms. The topological polar surface area (TPSA) is 17.1 Å². The molecule has 0 aliphatic heterocycles. The summed E-state index contributed by atoms with van der Waals surface area (Å²) in [5, 5.41) is 0. The Morgan fingerprint density at radius 1 is 1.71 bits per heavy atom. The zero-order valence-electron chi connectivity index (χ0n) is 4.22. The van der Waals surface area contributed by atoms with Gasteiger partial charge in [0, 0.05) is 0 Å². The van der Waals surface area contributed by atoms with E-state index in [1.165, 1.54) is 12.2 Å². The van der Waals surface area contributed by atoms with Crippen LogP contribution in [0.25, 0.3) is 0 Å². The SMILES string of the molecule is [CH]=CC(C)=CC=O. The first-order valence-electron chi connectivity index (χ1n) is 1.98. The number of rotatable bonds is 2. The number of hydrogen-bond acceptors (Lipinski definition) is 1. The molecular weight excluding hydrogens is 88.1 g/mol. The maximum atomic E-state index is 9.62. The van der Waals surface area contributed by atoms with E-state index in [2.05, 4.69) is 0 Å². The van der Waals surface area contributed by atoms with Crippen molar-refractivity contribution in [2.45, 2.75) is 6.92 Å². The van der Waals surface area contributed by atoms with E-state index in [9.17, 15) is 4.79 Å². The average molecular weight is 95.1 g/mol. The van der Waals surface area contributed by atoms with Gasteiger partial charge in [-0.1, -0.05) is 12.7 Å². The van der Waals surface area contributed by atoms with E-state index >= 15 is 0 Å². The largest absolute Gasteiger partial charge is 0.299 e. The van der Waals surface area contributed by atoms with Gasteiger partial charge in [0.1, 0.15) is 6.29 Å². The molecule has 0 saturated heterocycles. The minimum atomic E-state index is 0.707. The van der Waals surface area contributed by atoms with Gasteiger partial charge in [0.2, 0.25) is 0 Å². The van der Waals surface area contributed by atoms with Gasteiger partial charge in [0.25, 0.3) is 0 Å². The average Bonchev–Trinajstić information content (AvgIpc) is 1.68. The Bertz CT molecular complexity index is 101. The molecule has 0 bridgehead atoms. The third-order valence-electron chi connectivity index (χ3n) is 0.594. The standard InChI is InChI=1S/C6H7O/c1-3-6(2)4-5-7/h1,3-5H,2H3. The molecule has 1 radical (unpaired) electrons. The number of carbonyl (C=O) groups is 1. The van der Waals surface area contributed by atoms with Crippen molar-refractivity contribution in [1.82, 2.24) is 0 Å². The summed E-state index contributed by atoms with van der Waals surface area (Å²) in [4.78, 5) is 9.62. The summed E-state index contributed by atoms with van der Waals surface area (Å²) < 4.78 is 0. The Labute approximate surface area is 43.3 Å². The highest BCUT2D eigenvalue weighted by atomic mass is 16.1. The molecule has 0 fully saturated rings. The zero-order valence-corrected chi connectivity index (χ0v) is 4.22. The molecule has 0 amide bonds. The van der Waals surface area contributed by atoms with Crippen molar-refractivity contribution in [1.29, 1.82) is 0 Å². The predicted octanol–water partition coefficient (Wildman–Crippen LogP) is 1.12. The van der Waals surface area contributed by atoms with E-state index in [-0.39, 0.29) is 0 Å². The highest BCUT2D eigenvalue weighted by Gasteiger charge is 1.71. The normalized spacial score (nSPS) is 10.7. The summed E-state index contributed by atoms with van der Waals surface area (Å²) in [6.07, 6.45) is 3.49. The number of hydrogen-bond donors (Lipinski definition) is 0. The van der Waals surface area contributed by atoms with Gasteiger partial charge in [0.15, 0.2) is 0 Å². The highest BCUT2D eigenvalue weighted by molar-refractivity contribution is 5.66. The van der Waals surface area contributed by atoms with E-state index in [1.54, 1.807) is 6.92 Å². The van der Waals surface area contributed by atoms with E-state index in [0.717, 1.165) is 5.57 Å². The summed E-state index contributed by atoms with van der Waals surface area (Å²) in [7, 11) is 0. The zero-order chi connectivity index (χ0) is 5.70. The smallest absolute Gasteiger partial charge is 0.143 e. The van der Waals surface area contributed by atoms with Crippen LogP contribution in [-0.4, -0.2) is 6.29 Å². The lowest BCUT2D eigenvalue weighted by molar-refractivity contribution is -0.104. The van der Waals surface area contributed by atoms with Gasteiger partial charge >= 0.3 is 0 Å². The van der Waals surface area contributed by atoms with E-state index in [1.807, 2.05) is 0 Å². The van der Waals surface area contributed by atoms with Crippen LogP contribution in [0.15, 0.2) is 17.7 Å². The predicted molar refractivity (Wildman–Crippen MR) is 28.7 cm³/mol. The summed E-state index contributed by atoms with van der Waals surface area (Å²) in [5.74, 6) is 0. The van der Waals surface area contributed by atoms with Gasteiger partial charge in [-0.25, -0.2) is 0 Å². The molecule has 0 aromatic heterocycles. The lowest BCUT2D eigenvalue weighted by Crippen LogP contribution is -1.65. The Morgan fingerprint density at radius 2 is 2.29 bits per heavy atom. The van der Waals surface area contributed by atoms with Gasteiger partial charge in [0.05, 0.1) is 0 Å². The summed E-state index contributed by atoms with van der Waals surface area (Å²) in [5.41, 5.74) is 0.787. The number of carbonyl (C=O) groups excluding carboxylic acids is 1. The fourth-order valence-electron chi connectivity index (χ4n) is 0.163. The van der Waals surface area contributed by atoms with Crippen molar-refractivity contribution in [3.63, 3.8) is 0 Å². The van der Waals surface area contributed by atoms with Gasteiger partial charge in [-0.15, -0.1) is 0 Å². The minimum Gasteiger partial charge on any atom is -0.299 e. The fourth-order valence-corrected chi connectivity index (χ4v) is 0.163. The van der Waals surface area contributed by atoms with E-state index in [0.29, 0.717) is 6.29 Å². The van der Waals surface area contributed by atoms with Crippen molar-refractivity contribution in [2.75, 3.05) is 0 Å². The summed E-state index contributed by atoms with van der Waals surface area (Å²) in [6.45, 7) is 6.76. The second-order valence-corrected chi connectivity index (χ2v) is 1.21. The minimum absolute atomic E-state index is 0.707. The van der Waals surface area contributed by atoms with Gasteiger partial charge in [-0.2, -0.15) is 0 Å². The molecule has 0 unspecified atom stereocenters. The fraction of sp³-hybridized carbons (Fsp3) is 0.167. The van der Waals surface area contributed by atoms with Gasteiger partial charge in [-0.05, 0) is 18.6 Å². The Hall–Kier alpha value is -0.850. The lowest BCUT2D eigenvalue weighted by Gasteiger charge is -1.77. The molecule has 0 aromatic carbocycles. The van der Waals surface area contributed by atoms with Crippen LogP contribution < -0.4 is 0 Å². The molecule has 37 valence electrons. The quantitative estimate of drug-likeness (QED) is 0.285. The van der Waals surface area contributed by atoms with Crippen LogP contribution in [0.2, 0.25) is 0 Å². The Balaban J connectivity index is 3.72. The van der Waals surface area contributed by atoms with Crippen LogP contribution in [-0.2, 0) is 4.79 Å². The van der Waals surface area contributed by atoms with Crippen molar-refractivity contribution in [3.05, 3.63) is 24.3 Å². The molecule has 0 aliphatic carbocycles. The molecule has 1 nitrogen and oxygen atoms in total. The third kappa shape index (κ3) is 2.97. The first kappa shape index (κ1) is 6.15. The van der Waals surface area contributed by atoms with Crippen LogP contribution in [0.1, 0.15) is 6.92 Å². The van der Waals surface area contributed by atoms with Crippen molar-refractivity contribution < 1.29 is 4.79 Å². The first-order chi connectivity index (χ1) is 3.31. The molecule has 7 heavy (non-hydrogen) atoms. The second kappa shape index (κ2) is 3.34. The molecule has 0 atom stereocenters. The van der Waals surface area contributed by atoms with Gasteiger partial charge in [-0.3, -0.25) is 4.79 Å². The lowest BCUT2D eigenvalue weighted by atomic mass is 10.3. The molecular formula is C6H7O. The summed E-state index contributed by atoms with van der Waals surface area (Å²) >= 11 is 0. The number of aldehydes is 1. The molecule has 0 aliphatic rings. The molecule has 0 N–H and O–H groups in total. The highest BCUT2D eigenvalue weighted by Crippen LogP contribution is 1.86. The maximum Gasteiger partial charge on any atom is 0.143 e. The van der Waals surface area contributed by atoms with E-state index in [4.69, 9.17) is 6.58 Å². The Morgan fingerprint density at radius 3 is 2.43 bits per heavy atom. The molecule has 0 rings (SSSR count). The molecule has 1 heteroatoms. The van der Waals surface area contributed by atoms with E-state index < -0.39 is 0 Å². The first-order valence-corrected chi connectivity index (χ1v) is 1.98. The van der Waals surface area contributed by atoms with Crippen LogP contribution in [0.5, 0.6) is 0 Å². The third-order valence-corrected chi connectivity index (χ3v) is 0.594. The van der Waals surface area contributed by atoms with Gasteiger partial charge < -0.3 is 0 Å². The number of allylic oxidation sites excluding steroid dienone is 3. The molecule has 0 heterocycles. The second-order valence-electron chi connectivity index (χ2n) is 1.21. The van der Waals surface area contributed by atoms with Crippen molar-refractivity contribution in [3.8, 4) is 0 Å². The monoisotopic (exact) mass is 95.0 g/mol. The maximum absolute atomic E-state index is 9.62. The van der Waals surface area contributed by atoms with Crippen LogP contribution in [0.4, 0.5) is 0 Å². The molecule has 0 saturated carbocycles. The van der Waals surface area contributed by atoms with Crippen LogP contribution in [0.3, 0.4) is 0 Å². The summed E-state index contributed by atoms with van der Waals surface area (Å²) in [6, 6.07) is 0.